The fourth-order valence-corrected chi connectivity index (χ4v) is 5.65. The second-order valence-electron chi connectivity index (χ2n) is 6.62. The maximum atomic E-state index is 12.9. The van der Waals surface area contributed by atoms with Crippen LogP contribution in [0.1, 0.15) is 0 Å². The normalized spacial score (nSPS) is 20.7. The number of fused-ring (bicyclic) bond motifs is 1. The van der Waals surface area contributed by atoms with Gasteiger partial charge in [0, 0.05) is 45.0 Å². The molecule has 0 N–H and O–H groups in total. The van der Waals surface area contributed by atoms with Crippen molar-refractivity contribution < 1.29 is 9.59 Å². The standard InChI is InChI=1S/C19H22N4O2S2/c1-2-17(24)23-11-12-26-16(13-23)18(25)21-7-9-22(10-8-21)19-20-14-5-3-4-6-15(14)27-19/h2-6,16H,1,7-13H2. The quantitative estimate of drug-likeness (QED) is 0.736. The first kappa shape index (κ1) is 18.3. The summed E-state index contributed by atoms with van der Waals surface area (Å²) >= 11 is 3.35. The minimum Gasteiger partial charge on any atom is -0.345 e. The Morgan fingerprint density at radius 2 is 1.89 bits per heavy atom. The maximum absolute atomic E-state index is 12.9. The van der Waals surface area contributed by atoms with Gasteiger partial charge in [0.15, 0.2) is 5.13 Å². The number of carbonyl (C=O) groups excluding carboxylic acids is 2. The topological polar surface area (TPSA) is 56.8 Å². The number of carbonyl (C=O) groups is 2. The first-order valence-electron chi connectivity index (χ1n) is 9.08. The number of piperazine rings is 1. The van der Waals surface area contributed by atoms with E-state index in [1.807, 2.05) is 23.1 Å². The Kier molecular flexibility index (Phi) is 5.36. The zero-order valence-corrected chi connectivity index (χ0v) is 16.7. The van der Waals surface area contributed by atoms with E-state index >= 15 is 0 Å². The molecule has 2 aliphatic heterocycles. The molecule has 2 aliphatic rings. The third kappa shape index (κ3) is 3.82. The van der Waals surface area contributed by atoms with Crippen LogP contribution in [0.2, 0.25) is 0 Å². The average Bonchev–Trinajstić information content (AvgIpc) is 3.17. The van der Waals surface area contributed by atoms with Gasteiger partial charge in [-0.15, -0.1) is 11.8 Å². The Balaban J connectivity index is 1.36. The highest BCUT2D eigenvalue weighted by Crippen LogP contribution is 2.29. The largest absolute Gasteiger partial charge is 0.345 e. The van der Waals surface area contributed by atoms with Crippen molar-refractivity contribution in [2.75, 3.05) is 49.9 Å². The van der Waals surface area contributed by atoms with E-state index in [1.54, 1.807) is 28.0 Å². The molecule has 2 aromatic rings. The Labute approximate surface area is 166 Å². The molecule has 1 aromatic carbocycles. The monoisotopic (exact) mass is 402 g/mol. The zero-order chi connectivity index (χ0) is 18.8. The van der Waals surface area contributed by atoms with Crippen molar-refractivity contribution in [2.24, 2.45) is 0 Å². The van der Waals surface area contributed by atoms with Crippen LogP contribution in [0, 0.1) is 0 Å². The average molecular weight is 403 g/mol. The van der Waals surface area contributed by atoms with E-state index in [0.29, 0.717) is 26.2 Å². The minimum atomic E-state index is -0.170. The second-order valence-corrected chi connectivity index (χ2v) is 8.94. The number of hydrogen-bond donors (Lipinski definition) is 0. The summed E-state index contributed by atoms with van der Waals surface area (Å²) in [4.78, 5) is 35.4. The van der Waals surface area contributed by atoms with Crippen LogP contribution in [-0.4, -0.2) is 76.9 Å². The SMILES string of the molecule is C=CC(=O)N1CCSC(C(=O)N2CCN(c3nc4ccccc4s3)CC2)C1. The maximum Gasteiger partial charge on any atom is 0.246 e. The van der Waals surface area contributed by atoms with Crippen molar-refractivity contribution >= 4 is 50.3 Å². The Morgan fingerprint density at radius 1 is 1.11 bits per heavy atom. The smallest absolute Gasteiger partial charge is 0.246 e. The van der Waals surface area contributed by atoms with Gasteiger partial charge < -0.3 is 14.7 Å². The van der Waals surface area contributed by atoms with Crippen LogP contribution in [0.25, 0.3) is 10.2 Å². The van der Waals surface area contributed by atoms with E-state index in [-0.39, 0.29) is 17.1 Å². The second kappa shape index (κ2) is 7.90. The van der Waals surface area contributed by atoms with Crippen molar-refractivity contribution in [3.05, 3.63) is 36.9 Å². The van der Waals surface area contributed by atoms with Gasteiger partial charge in [-0.2, -0.15) is 0 Å². The van der Waals surface area contributed by atoms with E-state index in [9.17, 15) is 9.59 Å². The van der Waals surface area contributed by atoms with Gasteiger partial charge in [-0.25, -0.2) is 4.98 Å². The molecule has 0 saturated carbocycles. The lowest BCUT2D eigenvalue weighted by Crippen LogP contribution is -2.54. The van der Waals surface area contributed by atoms with Gasteiger partial charge in [-0.05, 0) is 18.2 Å². The number of hydrogen-bond acceptors (Lipinski definition) is 6. The molecule has 1 aromatic heterocycles. The van der Waals surface area contributed by atoms with Gasteiger partial charge in [0.05, 0.1) is 10.2 Å². The molecular weight excluding hydrogens is 380 g/mol. The van der Waals surface area contributed by atoms with Crippen LogP contribution in [0.5, 0.6) is 0 Å². The summed E-state index contributed by atoms with van der Waals surface area (Å²) in [6.07, 6.45) is 1.33. The highest BCUT2D eigenvalue weighted by Gasteiger charge is 2.33. The van der Waals surface area contributed by atoms with Gasteiger partial charge in [-0.3, -0.25) is 9.59 Å². The first-order valence-corrected chi connectivity index (χ1v) is 10.9. The molecule has 2 saturated heterocycles. The van der Waals surface area contributed by atoms with Crippen molar-refractivity contribution in [1.82, 2.24) is 14.8 Å². The highest BCUT2D eigenvalue weighted by atomic mass is 32.2. The molecular formula is C19H22N4O2S2. The molecule has 0 radical (unpaired) electrons. The number of rotatable bonds is 3. The summed E-state index contributed by atoms with van der Waals surface area (Å²) in [6, 6.07) is 8.16. The van der Waals surface area contributed by atoms with Crippen LogP contribution in [-0.2, 0) is 9.59 Å². The summed E-state index contributed by atoms with van der Waals surface area (Å²) in [5.74, 6) is 0.848. The number of thioether (sulfide) groups is 1. The van der Waals surface area contributed by atoms with E-state index in [4.69, 9.17) is 4.98 Å². The van der Waals surface area contributed by atoms with E-state index < -0.39 is 0 Å². The first-order chi connectivity index (χ1) is 13.2. The Hall–Kier alpha value is -2.06. The molecule has 6 nitrogen and oxygen atoms in total. The number of nitrogens with zero attached hydrogens (tertiary/aromatic N) is 4. The third-order valence-corrected chi connectivity index (χ3v) is 7.24. The van der Waals surface area contributed by atoms with Gasteiger partial charge in [0.2, 0.25) is 11.8 Å². The lowest BCUT2D eigenvalue weighted by molar-refractivity contribution is -0.132. The molecule has 2 fully saturated rings. The van der Waals surface area contributed by atoms with Gasteiger partial charge >= 0.3 is 0 Å². The lowest BCUT2D eigenvalue weighted by atomic mass is 10.2. The summed E-state index contributed by atoms with van der Waals surface area (Å²) < 4.78 is 1.19. The van der Waals surface area contributed by atoms with Gasteiger partial charge in [0.1, 0.15) is 5.25 Å². The lowest BCUT2D eigenvalue weighted by Gasteiger charge is -2.38. The summed E-state index contributed by atoms with van der Waals surface area (Å²) in [5, 5.41) is 0.856. The van der Waals surface area contributed by atoms with E-state index in [2.05, 4.69) is 17.5 Å². The van der Waals surface area contributed by atoms with Crippen LogP contribution in [0.15, 0.2) is 36.9 Å². The van der Waals surface area contributed by atoms with Crippen molar-refractivity contribution in [2.45, 2.75) is 5.25 Å². The molecule has 2 amide bonds. The molecule has 0 bridgehead atoms. The summed E-state index contributed by atoms with van der Waals surface area (Å²) in [7, 11) is 0. The molecule has 1 atom stereocenters. The summed E-state index contributed by atoms with van der Waals surface area (Å²) in [6.45, 7) is 7.68. The summed E-state index contributed by atoms with van der Waals surface area (Å²) in [5.41, 5.74) is 1.03. The zero-order valence-electron chi connectivity index (χ0n) is 15.0. The van der Waals surface area contributed by atoms with E-state index in [0.717, 1.165) is 29.5 Å². The molecule has 142 valence electrons. The minimum absolute atomic E-state index is 0.0891. The van der Waals surface area contributed by atoms with Crippen LogP contribution in [0.4, 0.5) is 5.13 Å². The molecule has 0 aliphatic carbocycles. The van der Waals surface area contributed by atoms with E-state index in [1.165, 1.54) is 10.8 Å². The van der Waals surface area contributed by atoms with Crippen molar-refractivity contribution in [3.63, 3.8) is 0 Å². The van der Waals surface area contributed by atoms with Crippen molar-refractivity contribution in [1.29, 1.82) is 0 Å². The number of thiazole rings is 1. The third-order valence-electron chi connectivity index (χ3n) is 4.97. The highest BCUT2D eigenvalue weighted by molar-refractivity contribution is 8.00. The number of anilines is 1. The molecule has 0 spiro atoms. The van der Waals surface area contributed by atoms with Crippen LogP contribution in [0.3, 0.4) is 0 Å². The molecule has 1 unspecified atom stereocenters. The molecule has 3 heterocycles. The number of amides is 2. The molecule has 4 rings (SSSR count). The Bertz CT molecular complexity index is 827. The number of para-hydroxylation sites is 1. The fraction of sp³-hybridized carbons (Fsp3) is 0.421. The Morgan fingerprint density at radius 3 is 2.63 bits per heavy atom. The van der Waals surface area contributed by atoms with Crippen molar-refractivity contribution in [3.8, 4) is 0 Å². The van der Waals surface area contributed by atoms with Gasteiger partial charge in [-0.1, -0.05) is 30.0 Å². The van der Waals surface area contributed by atoms with Crippen LogP contribution >= 0.6 is 23.1 Å². The molecule has 8 heteroatoms. The predicted molar refractivity (Wildman–Crippen MR) is 111 cm³/mol. The number of benzene rings is 1. The predicted octanol–water partition coefficient (Wildman–Crippen LogP) is 2.07. The number of aromatic nitrogens is 1. The van der Waals surface area contributed by atoms with Gasteiger partial charge in [0.25, 0.3) is 0 Å². The molecule has 27 heavy (non-hydrogen) atoms. The fourth-order valence-electron chi connectivity index (χ4n) is 3.45. The van der Waals surface area contributed by atoms with Crippen LogP contribution < -0.4 is 4.90 Å².